The number of imidazole rings is 1. The van der Waals surface area contributed by atoms with Crippen molar-refractivity contribution in [2.75, 3.05) is 39.8 Å². The molecular weight excluding hydrogens is 358 g/mol. The Kier molecular flexibility index (Phi) is 4.97. The maximum absolute atomic E-state index is 12.6. The summed E-state index contributed by atoms with van der Waals surface area (Å²) in [7, 11) is 3.80. The number of rotatable bonds is 5. The molecule has 1 atom stereocenters. The summed E-state index contributed by atoms with van der Waals surface area (Å²) in [6.07, 6.45) is 1.12. The number of benzene rings is 1. The summed E-state index contributed by atoms with van der Waals surface area (Å²) in [5, 5.41) is 3.03. The van der Waals surface area contributed by atoms with E-state index in [0.717, 1.165) is 30.5 Å². The topological polar surface area (TPSA) is 79.6 Å². The Balaban J connectivity index is 1.30. The van der Waals surface area contributed by atoms with Crippen LogP contribution in [0.1, 0.15) is 6.42 Å². The minimum Gasteiger partial charge on any atom is -0.355 e. The molecule has 2 aromatic rings. The number of para-hydroxylation sites is 2. The van der Waals surface area contributed by atoms with Crippen molar-refractivity contribution in [3.63, 3.8) is 0 Å². The van der Waals surface area contributed by atoms with E-state index in [-0.39, 0.29) is 30.0 Å². The zero-order chi connectivity index (χ0) is 19.8. The van der Waals surface area contributed by atoms with Gasteiger partial charge in [-0.2, -0.15) is 0 Å². The maximum atomic E-state index is 12.6. The molecule has 0 aliphatic carbocycles. The summed E-state index contributed by atoms with van der Waals surface area (Å²) in [4.78, 5) is 41.3. The van der Waals surface area contributed by atoms with Crippen LogP contribution in [-0.2, 0) is 23.2 Å². The van der Waals surface area contributed by atoms with E-state index in [4.69, 9.17) is 0 Å². The summed E-state index contributed by atoms with van der Waals surface area (Å²) in [5.74, 6) is 0.276. The van der Waals surface area contributed by atoms with Crippen LogP contribution in [0.2, 0.25) is 0 Å². The molecule has 1 unspecified atom stereocenters. The van der Waals surface area contributed by atoms with Gasteiger partial charge >= 0.3 is 5.69 Å². The number of aryl methyl sites for hydroxylation is 1. The highest BCUT2D eigenvalue weighted by Crippen LogP contribution is 2.19. The lowest BCUT2D eigenvalue weighted by Gasteiger charge is -2.38. The van der Waals surface area contributed by atoms with Gasteiger partial charge in [-0.05, 0) is 38.1 Å². The number of likely N-dealkylation sites (tertiary alicyclic amines) is 2. The van der Waals surface area contributed by atoms with E-state index < -0.39 is 0 Å². The maximum Gasteiger partial charge on any atom is 0.329 e. The van der Waals surface area contributed by atoms with Gasteiger partial charge in [-0.15, -0.1) is 0 Å². The summed E-state index contributed by atoms with van der Waals surface area (Å²) < 4.78 is 3.05. The van der Waals surface area contributed by atoms with Crippen molar-refractivity contribution in [3.05, 3.63) is 34.7 Å². The van der Waals surface area contributed by atoms with E-state index in [1.807, 2.05) is 24.3 Å². The van der Waals surface area contributed by atoms with Crippen LogP contribution in [0.3, 0.4) is 0 Å². The molecule has 2 aliphatic rings. The number of aromatic nitrogens is 2. The van der Waals surface area contributed by atoms with Gasteiger partial charge in [0.05, 0.1) is 17.0 Å². The smallest absolute Gasteiger partial charge is 0.329 e. The highest BCUT2D eigenvalue weighted by atomic mass is 16.2. The molecule has 1 N–H and O–H groups in total. The van der Waals surface area contributed by atoms with Crippen LogP contribution in [0.4, 0.5) is 0 Å². The Morgan fingerprint density at radius 2 is 1.82 bits per heavy atom. The molecule has 1 aromatic heterocycles. The average molecular weight is 385 g/mol. The zero-order valence-electron chi connectivity index (χ0n) is 16.4. The van der Waals surface area contributed by atoms with Crippen LogP contribution in [-0.4, -0.2) is 70.5 Å². The fourth-order valence-electron chi connectivity index (χ4n) is 4.18. The molecule has 2 aliphatic heterocycles. The molecule has 0 spiro atoms. The predicted molar refractivity (Wildman–Crippen MR) is 106 cm³/mol. The molecule has 3 heterocycles. The third-order valence-corrected chi connectivity index (χ3v) is 6.00. The van der Waals surface area contributed by atoms with Crippen LogP contribution < -0.4 is 11.0 Å². The number of carbonyl (C=O) groups excluding carboxylic acids is 2. The normalized spacial score (nSPS) is 20.5. The molecule has 1 aromatic carbocycles. The lowest BCUT2D eigenvalue weighted by atomic mass is 9.98. The molecule has 2 saturated heterocycles. The fraction of sp³-hybridized carbons (Fsp3) is 0.550. The zero-order valence-corrected chi connectivity index (χ0v) is 16.4. The SMILES string of the molecule is CN1CCC(CNC(=O)C2CN(C(=O)Cn3c(=O)n(C)c4ccccc43)C2)C1. The van der Waals surface area contributed by atoms with Gasteiger partial charge in [0.2, 0.25) is 11.8 Å². The van der Waals surface area contributed by atoms with Gasteiger partial charge in [0.1, 0.15) is 6.54 Å². The number of hydrogen-bond donors (Lipinski definition) is 1. The summed E-state index contributed by atoms with van der Waals surface area (Å²) in [6, 6.07) is 7.44. The Labute approximate surface area is 163 Å². The van der Waals surface area contributed by atoms with Crippen LogP contribution in [0, 0.1) is 11.8 Å². The number of carbonyl (C=O) groups is 2. The van der Waals surface area contributed by atoms with E-state index in [9.17, 15) is 14.4 Å². The second-order valence-corrected chi connectivity index (χ2v) is 8.07. The first-order chi connectivity index (χ1) is 13.4. The molecule has 8 heteroatoms. The van der Waals surface area contributed by atoms with Gasteiger partial charge in [0.25, 0.3) is 0 Å². The molecule has 28 heavy (non-hydrogen) atoms. The highest BCUT2D eigenvalue weighted by Gasteiger charge is 2.36. The van der Waals surface area contributed by atoms with Gasteiger partial charge < -0.3 is 15.1 Å². The Bertz CT molecular complexity index is 956. The van der Waals surface area contributed by atoms with Crippen LogP contribution >= 0.6 is 0 Å². The minimum absolute atomic E-state index is 0.00291. The van der Waals surface area contributed by atoms with Crippen molar-refractivity contribution < 1.29 is 9.59 Å². The summed E-state index contributed by atoms with van der Waals surface area (Å²) in [6.45, 7) is 3.67. The molecule has 0 saturated carbocycles. The molecule has 4 rings (SSSR count). The van der Waals surface area contributed by atoms with E-state index in [1.165, 1.54) is 4.57 Å². The fourth-order valence-corrected chi connectivity index (χ4v) is 4.18. The van der Waals surface area contributed by atoms with Crippen LogP contribution in [0.25, 0.3) is 11.0 Å². The van der Waals surface area contributed by atoms with E-state index in [1.54, 1.807) is 16.5 Å². The van der Waals surface area contributed by atoms with Crippen molar-refractivity contribution in [1.82, 2.24) is 24.3 Å². The molecule has 2 amide bonds. The van der Waals surface area contributed by atoms with E-state index >= 15 is 0 Å². The number of nitrogens with zero attached hydrogens (tertiary/aromatic N) is 4. The number of amides is 2. The van der Waals surface area contributed by atoms with Crippen LogP contribution in [0.15, 0.2) is 29.1 Å². The standard InChI is InChI=1S/C20H27N5O3/c1-22-8-7-14(10-22)9-21-19(27)15-11-24(12-15)18(26)13-25-17-6-4-3-5-16(17)23(2)20(25)28/h3-6,14-15H,7-13H2,1-2H3,(H,21,27). The summed E-state index contributed by atoms with van der Waals surface area (Å²) in [5.41, 5.74) is 1.35. The highest BCUT2D eigenvalue weighted by molar-refractivity contribution is 5.85. The molecule has 2 fully saturated rings. The van der Waals surface area contributed by atoms with Crippen molar-refractivity contribution in [2.45, 2.75) is 13.0 Å². The van der Waals surface area contributed by atoms with Crippen molar-refractivity contribution in [2.24, 2.45) is 18.9 Å². The number of nitrogens with one attached hydrogen (secondary N) is 1. The summed E-state index contributed by atoms with van der Waals surface area (Å²) >= 11 is 0. The largest absolute Gasteiger partial charge is 0.355 e. The Hall–Kier alpha value is -2.61. The molecule has 0 radical (unpaired) electrons. The van der Waals surface area contributed by atoms with Crippen molar-refractivity contribution in [3.8, 4) is 0 Å². The third-order valence-electron chi connectivity index (χ3n) is 6.00. The second-order valence-electron chi connectivity index (χ2n) is 8.07. The predicted octanol–water partition coefficient (Wildman–Crippen LogP) is -0.134. The minimum atomic E-state index is -0.203. The first-order valence-corrected chi connectivity index (χ1v) is 9.82. The first kappa shape index (κ1) is 18.7. The Morgan fingerprint density at radius 3 is 2.50 bits per heavy atom. The van der Waals surface area contributed by atoms with Crippen LogP contribution in [0.5, 0.6) is 0 Å². The first-order valence-electron chi connectivity index (χ1n) is 9.82. The average Bonchev–Trinajstić information content (AvgIpc) is 3.16. The monoisotopic (exact) mass is 385 g/mol. The lowest BCUT2D eigenvalue weighted by molar-refractivity contribution is -0.143. The molecule has 0 bridgehead atoms. The van der Waals surface area contributed by atoms with E-state index in [2.05, 4.69) is 17.3 Å². The second kappa shape index (κ2) is 7.43. The van der Waals surface area contributed by atoms with Crippen molar-refractivity contribution in [1.29, 1.82) is 0 Å². The van der Waals surface area contributed by atoms with E-state index in [0.29, 0.717) is 25.6 Å². The van der Waals surface area contributed by atoms with Crippen molar-refractivity contribution >= 4 is 22.8 Å². The van der Waals surface area contributed by atoms with Gasteiger partial charge in [-0.3, -0.25) is 18.7 Å². The number of fused-ring (bicyclic) bond motifs is 1. The molecular formula is C20H27N5O3. The van der Waals surface area contributed by atoms with Gasteiger partial charge in [0, 0.05) is 33.2 Å². The van der Waals surface area contributed by atoms with Gasteiger partial charge in [-0.1, -0.05) is 12.1 Å². The van der Waals surface area contributed by atoms with Gasteiger partial charge in [0.15, 0.2) is 0 Å². The number of hydrogen-bond acceptors (Lipinski definition) is 4. The Morgan fingerprint density at radius 1 is 1.11 bits per heavy atom. The van der Waals surface area contributed by atoms with Gasteiger partial charge in [-0.25, -0.2) is 4.79 Å². The molecule has 150 valence electrons. The lowest BCUT2D eigenvalue weighted by Crippen LogP contribution is -2.57. The molecule has 8 nitrogen and oxygen atoms in total. The third kappa shape index (κ3) is 3.44. The quantitative estimate of drug-likeness (QED) is 0.778.